The first kappa shape index (κ1) is 13.5. The van der Waals surface area contributed by atoms with Crippen LogP contribution in [0.25, 0.3) is 0 Å². The molecule has 0 unspecified atom stereocenters. The molecule has 3 N–H and O–H groups in total. The van der Waals surface area contributed by atoms with E-state index in [4.69, 9.17) is 17.3 Å². The number of aromatic nitrogens is 3. The Balaban J connectivity index is 1.93. The summed E-state index contributed by atoms with van der Waals surface area (Å²) in [7, 11) is 0. The number of nitrogens with two attached hydrogens (primary N) is 1. The maximum atomic E-state index is 11.8. The molecule has 0 saturated carbocycles. The number of benzene rings is 1. The van der Waals surface area contributed by atoms with Gasteiger partial charge < -0.3 is 11.1 Å². The summed E-state index contributed by atoms with van der Waals surface area (Å²) in [6.45, 7) is 1.38. The van der Waals surface area contributed by atoms with E-state index in [2.05, 4.69) is 15.6 Å². The number of nitrogens with zero attached hydrogens (tertiary/aromatic N) is 3. The van der Waals surface area contributed by atoms with E-state index in [-0.39, 0.29) is 11.6 Å². The molecule has 1 aromatic carbocycles. The summed E-state index contributed by atoms with van der Waals surface area (Å²) >= 11 is 5.87. The number of hydrogen-bond donors (Lipinski definition) is 2. The Bertz CT molecular complexity index is 569. The smallest absolute Gasteiger partial charge is 0.273 e. The van der Waals surface area contributed by atoms with Crippen LogP contribution in [0.2, 0.25) is 5.02 Å². The van der Waals surface area contributed by atoms with Gasteiger partial charge >= 0.3 is 0 Å². The van der Waals surface area contributed by atoms with Gasteiger partial charge in [0, 0.05) is 18.1 Å². The number of rotatable bonds is 5. The zero-order valence-electron chi connectivity index (χ0n) is 10.2. The minimum absolute atomic E-state index is 0.274. The standard InChI is InChI=1S/C12H14ClN5O/c13-10-3-1-2-9(6-10)7-15-12(19)11-8-18(5-4-14)17-16-11/h1-3,6,8H,4-5,7,14H2,(H,15,19). The average Bonchev–Trinajstić information content (AvgIpc) is 2.85. The van der Waals surface area contributed by atoms with Crippen molar-refractivity contribution in [3.63, 3.8) is 0 Å². The Kier molecular flexibility index (Phi) is 4.48. The molecule has 1 amide bonds. The summed E-state index contributed by atoms with van der Waals surface area (Å²) in [4.78, 5) is 11.8. The topological polar surface area (TPSA) is 85.8 Å². The molecule has 6 nitrogen and oxygen atoms in total. The van der Waals surface area contributed by atoms with E-state index < -0.39 is 0 Å². The molecule has 0 aliphatic carbocycles. The van der Waals surface area contributed by atoms with E-state index in [1.54, 1.807) is 18.3 Å². The third-order valence-corrected chi connectivity index (χ3v) is 2.71. The minimum atomic E-state index is -0.275. The Morgan fingerprint density at radius 3 is 3.05 bits per heavy atom. The summed E-state index contributed by atoms with van der Waals surface area (Å²) in [6, 6.07) is 7.30. The number of amides is 1. The SMILES string of the molecule is NCCn1cc(C(=O)NCc2cccc(Cl)c2)nn1. The monoisotopic (exact) mass is 279 g/mol. The van der Waals surface area contributed by atoms with Crippen LogP contribution in [0.1, 0.15) is 16.1 Å². The number of carbonyl (C=O) groups excluding carboxylic acids is 1. The van der Waals surface area contributed by atoms with Gasteiger partial charge in [0.05, 0.1) is 12.7 Å². The molecular weight excluding hydrogens is 266 g/mol. The van der Waals surface area contributed by atoms with Crippen molar-refractivity contribution in [2.24, 2.45) is 5.73 Å². The van der Waals surface area contributed by atoms with Crippen LogP contribution in [0, 0.1) is 0 Å². The first-order valence-electron chi connectivity index (χ1n) is 5.82. The van der Waals surface area contributed by atoms with E-state index >= 15 is 0 Å². The Hall–Kier alpha value is -1.92. The second-order valence-corrected chi connectivity index (χ2v) is 4.40. The molecule has 0 radical (unpaired) electrons. The van der Waals surface area contributed by atoms with Crippen LogP contribution < -0.4 is 11.1 Å². The van der Waals surface area contributed by atoms with Gasteiger partial charge in [-0.05, 0) is 17.7 Å². The van der Waals surface area contributed by atoms with Crippen LogP contribution in [0.4, 0.5) is 0 Å². The average molecular weight is 280 g/mol. The number of carbonyl (C=O) groups is 1. The van der Waals surface area contributed by atoms with E-state index in [1.807, 2.05) is 12.1 Å². The van der Waals surface area contributed by atoms with Gasteiger partial charge in [-0.1, -0.05) is 28.9 Å². The van der Waals surface area contributed by atoms with Crippen molar-refractivity contribution in [3.8, 4) is 0 Å². The lowest BCUT2D eigenvalue weighted by atomic mass is 10.2. The van der Waals surface area contributed by atoms with Crippen molar-refractivity contribution >= 4 is 17.5 Å². The fourth-order valence-electron chi connectivity index (χ4n) is 1.56. The molecule has 7 heteroatoms. The Morgan fingerprint density at radius 1 is 1.47 bits per heavy atom. The molecule has 0 aliphatic rings. The van der Waals surface area contributed by atoms with Crippen molar-refractivity contribution in [3.05, 3.63) is 46.7 Å². The highest BCUT2D eigenvalue weighted by molar-refractivity contribution is 6.30. The lowest BCUT2D eigenvalue weighted by Crippen LogP contribution is -2.23. The van der Waals surface area contributed by atoms with Gasteiger partial charge in [0.2, 0.25) is 0 Å². The molecule has 0 atom stereocenters. The predicted molar refractivity (Wildman–Crippen MR) is 71.7 cm³/mol. The zero-order valence-corrected chi connectivity index (χ0v) is 11.0. The summed E-state index contributed by atoms with van der Waals surface area (Å²) < 4.78 is 1.54. The first-order chi connectivity index (χ1) is 9.19. The van der Waals surface area contributed by atoms with Gasteiger partial charge in [0.15, 0.2) is 5.69 Å². The number of hydrogen-bond acceptors (Lipinski definition) is 4. The van der Waals surface area contributed by atoms with Crippen molar-refractivity contribution in [1.82, 2.24) is 20.3 Å². The summed E-state index contributed by atoms with van der Waals surface area (Å²) in [5.41, 5.74) is 6.59. The van der Waals surface area contributed by atoms with Crippen LogP contribution in [0.5, 0.6) is 0 Å². The lowest BCUT2D eigenvalue weighted by Gasteiger charge is -2.03. The van der Waals surface area contributed by atoms with Crippen molar-refractivity contribution in [1.29, 1.82) is 0 Å². The molecule has 19 heavy (non-hydrogen) atoms. The number of nitrogens with one attached hydrogen (secondary N) is 1. The predicted octanol–water partition coefficient (Wildman–Crippen LogP) is 0.820. The molecular formula is C12H14ClN5O. The zero-order chi connectivity index (χ0) is 13.7. The van der Waals surface area contributed by atoms with Crippen LogP contribution in [-0.2, 0) is 13.1 Å². The molecule has 0 bridgehead atoms. The van der Waals surface area contributed by atoms with Crippen molar-refractivity contribution < 1.29 is 4.79 Å². The largest absolute Gasteiger partial charge is 0.347 e. The fourth-order valence-corrected chi connectivity index (χ4v) is 1.78. The second kappa shape index (κ2) is 6.31. The third kappa shape index (κ3) is 3.77. The van der Waals surface area contributed by atoms with Crippen molar-refractivity contribution in [2.45, 2.75) is 13.1 Å². The summed E-state index contributed by atoms with van der Waals surface area (Å²) in [5.74, 6) is -0.275. The highest BCUT2D eigenvalue weighted by Crippen LogP contribution is 2.10. The van der Waals surface area contributed by atoms with Crippen molar-refractivity contribution in [2.75, 3.05) is 6.54 Å². The van der Waals surface area contributed by atoms with Crippen LogP contribution >= 0.6 is 11.6 Å². The molecule has 0 spiro atoms. The molecule has 1 aromatic heterocycles. The van der Waals surface area contributed by atoms with Gasteiger partial charge in [-0.3, -0.25) is 9.48 Å². The maximum absolute atomic E-state index is 11.8. The molecule has 2 aromatic rings. The van der Waals surface area contributed by atoms with Crippen LogP contribution in [-0.4, -0.2) is 27.4 Å². The molecule has 100 valence electrons. The second-order valence-electron chi connectivity index (χ2n) is 3.97. The van der Waals surface area contributed by atoms with Gasteiger partial charge in [-0.15, -0.1) is 5.10 Å². The highest BCUT2D eigenvalue weighted by Gasteiger charge is 2.10. The molecule has 1 heterocycles. The molecule has 0 saturated heterocycles. The minimum Gasteiger partial charge on any atom is -0.347 e. The van der Waals surface area contributed by atoms with Gasteiger partial charge in [-0.2, -0.15) is 0 Å². The van der Waals surface area contributed by atoms with Crippen LogP contribution in [0.15, 0.2) is 30.5 Å². The fraction of sp³-hybridized carbons (Fsp3) is 0.250. The first-order valence-corrected chi connectivity index (χ1v) is 6.19. The summed E-state index contributed by atoms with van der Waals surface area (Å²) in [5, 5.41) is 11.0. The van der Waals surface area contributed by atoms with Gasteiger partial charge in [-0.25, -0.2) is 0 Å². The van der Waals surface area contributed by atoms with Crippen LogP contribution in [0.3, 0.4) is 0 Å². The molecule has 2 rings (SSSR count). The Morgan fingerprint density at radius 2 is 2.32 bits per heavy atom. The third-order valence-electron chi connectivity index (χ3n) is 2.47. The number of halogens is 1. The normalized spacial score (nSPS) is 10.4. The van der Waals surface area contributed by atoms with E-state index in [1.165, 1.54) is 4.68 Å². The summed E-state index contributed by atoms with van der Waals surface area (Å²) in [6.07, 6.45) is 1.57. The van der Waals surface area contributed by atoms with Gasteiger partial charge in [0.25, 0.3) is 5.91 Å². The molecule has 0 aliphatic heterocycles. The highest BCUT2D eigenvalue weighted by atomic mass is 35.5. The Labute approximate surface area is 115 Å². The lowest BCUT2D eigenvalue weighted by molar-refractivity contribution is 0.0946. The van der Waals surface area contributed by atoms with E-state index in [0.29, 0.717) is 24.7 Å². The van der Waals surface area contributed by atoms with E-state index in [0.717, 1.165) is 5.56 Å². The maximum Gasteiger partial charge on any atom is 0.273 e. The molecule has 0 fully saturated rings. The van der Waals surface area contributed by atoms with E-state index in [9.17, 15) is 4.79 Å². The van der Waals surface area contributed by atoms with Gasteiger partial charge in [0.1, 0.15) is 0 Å². The quantitative estimate of drug-likeness (QED) is 0.848.